The van der Waals surface area contributed by atoms with E-state index in [0.29, 0.717) is 30.2 Å². The van der Waals surface area contributed by atoms with Gasteiger partial charge in [-0.25, -0.2) is 9.37 Å². The van der Waals surface area contributed by atoms with Gasteiger partial charge in [0.15, 0.2) is 0 Å². The van der Waals surface area contributed by atoms with Crippen LogP contribution in [0, 0.1) is 11.2 Å². The van der Waals surface area contributed by atoms with Gasteiger partial charge < -0.3 is 14.4 Å². The van der Waals surface area contributed by atoms with Crippen molar-refractivity contribution in [3.63, 3.8) is 0 Å². The molecule has 134 valence electrons. The van der Waals surface area contributed by atoms with Crippen LogP contribution >= 0.6 is 0 Å². The van der Waals surface area contributed by atoms with Gasteiger partial charge >= 0.3 is 0 Å². The Kier molecular flexibility index (Phi) is 5.18. The van der Waals surface area contributed by atoms with Gasteiger partial charge in [-0.3, -0.25) is 4.79 Å². The lowest BCUT2D eigenvalue weighted by Crippen LogP contribution is -2.45. The summed E-state index contributed by atoms with van der Waals surface area (Å²) in [6, 6.07) is 5.88. The lowest BCUT2D eigenvalue weighted by Gasteiger charge is -2.40. The Hall–Kier alpha value is -2.21. The number of aromatic nitrogens is 1. The highest BCUT2D eigenvalue weighted by atomic mass is 19.1. The molecule has 0 unspecified atom stereocenters. The Morgan fingerprint density at radius 1 is 1.32 bits per heavy atom. The van der Waals surface area contributed by atoms with Crippen molar-refractivity contribution in [2.75, 3.05) is 19.7 Å². The van der Waals surface area contributed by atoms with E-state index in [1.54, 1.807) is 12.1 Å². The van der Waals surface area contributed by atoms with Crippen molar-refractivity contribution in [2.45, 2.75) is 32.6 Å². The standard InChI is InChI=1S/C19H23FN2O3/c1-2-19(13-23)7-9-22(10-8-19)17(24)11-16-12-25-18(21-16)14-3-5-15(20)6-4-14/h3-6,12,23H,2,7-11,13H2,1H3. The number of carbonyl (C=O) groups is 1. The molecule has 2 aromatic rings. The summed E-state index contributed by atoms with van der Waals surface area (Å²) in [4.78, 5) is 18.6. The average molecular weight is 346 g/mol. The number of carbonyl (C=O) groups excluding carboxylic acids is 1. The number of likely N-dealkylation sites (tertiary alicyclic amines) is 1. The van der Waals surface area contributed by atoms with Crippen LogP contribution in [-0.4, -0.2) is 40.6 Å². The number of nitrogens with zero attached hydrogens (tertiary/aromatic N) is 2. The van der Waals surface area contributed by atoms with Gasteiger partial charge in [-0.05, 0) is 48.9 Å². The van der Waals surface area contributed by atoms with Crippen LogP contribution in [0.1, 0.15) is 31.9 Å². The van der Waals surface area contributed by atoms with Crippen molar-refractivity contribution in [3.8, 4) is 11.5 Å². The molecule has 0 radical (unpaired) electrons. The van der Waals surface area contributed by atoms with Gasteiger partial charge in [0.25, 0.3) is 0 Å². The molecule has 0 atom stereocenters. The van der Waals surface area contributed by atoms with E-state index in [1.807, 2.05) is 4.90 Å². The first-order valence-corrected chi connectivity index (χ1v) is 8.64. The smallest absolute Gasteiger partial charge is 0.228 e. The van der Waals surface area contributed by atoms with E-state index in [1.165, 1.54) is 18.4 Å². The molecule has 0 bridgehead atoms. The number of halogens is 1. The summed E-state index contributed by atoms with van der Waals surface area (Å²) < 4.78 is 18.4. The second-order valence-corrected chi connectivity index (χ2v) is 6.72. The maximum atomic E-state index is 13.0. The summed E-state index contributed by atoms with van der Waals surface area (Å²) in [5.41, 5.74) is 1.20. The quantitative estimate of drug-likeness (QED) is 0.904. The number of piperidine rings is 1. The second-order valence-electron chi connectivity index (χ2n) is 6.72. The number of amides is 1. The monoisotopic (exact) mass is 346 g/mol. The van der Waals surface area contributed by atoms with E-state index in [0.717, 1.165) is 19.3 Å². The van der Waals surface area contributed by atoms with E-state index < -0.39 is 0 Å². The third-order valence-electron chi connectivity index (χ3n) is 5.24. The predicted molar refractivity (Wildman–Crippen MR) is 91.2 cm³/mol. The zero-order valence-electron chi connectivity index (χ0n) is 14.4. The molecule has 25 heavy (non-hydrogen) atoms. The number of benzene rings is 1. The van der Waals surface area contributed by atoms with Gasteiger partial charge in [-0.1, -0.05) is 6.92 Å². The van der Waals surface area contributed by atoms with Gasteiger partial charge in [0.05, 0.1) is 12.1 Å². The maximum absolute atomic E-state index is 13.0. The number of aliphatic hydroxyl groups is 1. The fourth-order valence-corrected chi connectivity index (χ4v) is 3.23. The van der Waals surface area contributed by atoms with Gasteiger partial charge in [-0.15, -0.1) is 0 Å². The molecule has 0 aliphatic carbocycles. The second kappa shape index (κ2) is 7.35. The lowest BCUT2D eigenvalue weighted by molar-refractivity contribution is -0.133. The summed E-state index contributed by atoms with van der Waals surface area (Å²) in [5.74, 6) is 0.0789. The fourth-order valence-electron chi connectivity index (χ4n) is 3.23. The molecule has 1 aromatic carbocycles. The highest BCUT2D eigenvalue weighted by molar-refractivity contribution is 5.78. The minimum atomic E-state index is -0.318. The molecule has 2 heterocycles. The van der Waals surface area contributed by atoms with Crippen LogP contribution in [0.3, 0.4) is 0 Å². The van der Waals surface area contributed by atoms with Gasteiger partial charge in [0.1, 0.15) is 12.1 Å². The molecule has 5 nitrogen and oxygen atoms in total. The van der Waals surface area contributed by atoms with Crippen LogP contribution < -0.4 is 0 Å². The minimum absolute atomic E-state index is 0.0154. The molecule has 0 saturated carbocycles. The van der Waals surface area contributed by atoms with Crippen LogP contribution in [0.2, 0.25) is 0 Å². The molecule has 6 heteroatoms. The summed E-state index contributed by atoms with van der Waals surface area (Å²) in [5, 5.41) is 9.58. The average Bonchev–Trinajstić information content (AvgIpc) is 3.10. The number of rotatable bonds is 5. The highest BCUT2D eigenvalue weighted by Crippen LogP contribution is 2.34. The van der Waals surface area contributed by atoms with E-state index >= 15 is 0 Å². The number of aliphatic hydroxyl groups excluding tert-OH is 1. The van der Waals surface area contributed by atoms with Crippen molar-refractivity contribution < 1.29 is 18.7 Å². The normalized spacial score (nSPS) is 16.8. The van der Waals surface area contributed by atoms with Crippen LogP contribution in [-0.2, 0) is 11.2 Å². The van der Waals surface area contributed by atoms with Crippen molar-refractivity contribution in [3.05, 3.63) is 42.0 Å². The third kappa shape index (κ3) is 3.90. The lowest BCUT2D eigenvalue weighted by atomic mass is 9.77. The molecule has 1 N–H and O–H groups in total. The summed E-state index contributed by atoms with van der Waals surface area (Å²) >= 11 is 0. The van der Waals surface area contributed by atoms with Crippen LogP contribution in [0.15, 0.2) is 34.9 Å². The zero-order valence-corrected chi connectivity index (χ0v) is 14.4. The fraction of sp³-hybridized carbons (Fsp3) is 0.474. The van der Waals surface area contributed by atoms with E-state index in [-0.39, 0.29) is 30.2 Å². The SMILES string of the molecule is CCC1(CO)CCN(C(=O)Cc2coc(-c3ccc(F)cc3)n2)CC1. The number of hydrogen-bond donors (Lipinski definition) is 1. The number of oxazole rings is 1. The van der Waals surface area contributed by atoms with Gasteiger partial charge in [-0.2, -0.15) is 0 Å². The number of hydrogen-bond acceptors (Lipinski definition) is 4. The van der Waals surface area contributed by atoms with E-state index in [9.17, 15) is 14.3 Å². The Labute approximate surface area is 146 Å². The van der Waals surface area contributed by atoms with Crippen molar-refractivity contribution in [1.29, 1.82) is 0 Å². The Morgan fingerprint density at radius 3 is 2.60 bits per heavy atom. The Balaban J connectivity index is 1.60. The molecular formula is C19H23FN2O3. The molecule has 1 aliphatic rings. The largest absolute Gasteiger partial charge is 0.444 e. The van der Waals surface area contributed by atoms with Gasteiger partial charge in [0, 0.05) is 25.3 Å². The first-order valence-electron chi connectivity index (χ1n) is 8.64. The highest BCUT2D eigenvalue weighted by Gasteiger charge is 2.33. The van der Waals surface area contributed by atoms with Crippen molar-refractivity contribution in [1.82, 2.24) is 9.88 Å². The zero-order chi connectivity index (χ0) is 17.9. The molecule has 1 aliphatic heterocycles. The molecular weight excluding hydrogens is 323 g/mol. The summed E-state index contributed by atoms with van der Waals surface area (Å²) in [6.45, 7) is 3.59. The van der Waals surface area contributed by atoms with E-state index in [4.69, 9.17) is 4.42 Å². The van der Waals surface area contributed by atoms with Crippen LogP contribution in [0.5, 0.6) is 0 Å². The first-order chi connectivity index (χ1) is 12.0. The van der Waals surface area contributed by atoms with Crippen LogP contribution in [0.4, 0.5) is 4.39 Å². The molecule has 1 fully saturated rings. The minimum Gasteiger partial charge on any atom is -0.444 e. The van der Waals surface area contributed by atoms with Crippen LogP contribution in [0.25, 0.3) is 11.5 Å². The van der Waals surface area contributed by atoms with Gasteiger partial charge in [0.2, 0.25) is 11.8 Å². The molecule has 0 spiro atoms. The molecule has 1 amide bonds. The van der Waals surface area contributed by atoms with Crippen molar-refractivity contribution in [2.24, 2.45) is 5.41 Å². The summed E-state index contributed by atoms with van der Waals surface area (Å²) in [7, 11) is 0. The molecule has 1 aromatic heterocycles. The first kappa shape index (κ1) is 17.6. The molecule has 1 saturated heterocycles. The maximum Gasteiger partial charge on any atom is 0.228 e. The predicted octanol–water partition coefficient (Wildman–Crippen LogP) is 3.03. The molecule has 3 rings (SSSR count). The van der Waals surface area contributed by atoms with E-state index in [2.05, 4.69) is 11.9 Å². The van der Waals surface area contributed by atoms with Crippen molar-refractivity contribution >= 4 is 5.91 Å². The summed E-state index contributed by atoms with van der Waals surface area (Å²) in [6.07, 6.45) is 4.24. The third-order valence-corrected chi connectivity index (χ3v) is 5.24. The topological polar surface area (TPSA) is 66.6 Å². The Bertz CT molecular complexity index is 713. The Morgan fingerprint density at radius 2 is 2.00 bits per heavy atom.